The Balaban J connectivity index is 1.24. The summed E-state index contributed by atoms with van der Waals surface area (Å²) < 4.78 is 48.4. The molecule has 4 aromatic rings. The Labute approximate surface area is 265 Å². The highest BCUT2D eigenvalue weighted by Crippen LogP contribution is 2.34. The number of rotatable bonds is 10. The number of benzene rings is 3. The highest BCUT2D eigenvalue weighted by atomic mass is 32.2. The highest BCUT2D eigenvalue weighted by molar-refractivity contribution is 7.89. The van der Waals surface area contributed by atoms with E-state index < -0.39 is 43.0 Å². The zero-order chi connectivity index (χ0) is 32.3. The van der Waals surface area contributed by atoms with Crippen LogP contribution in [-0.4, -0.2) is 60.0 Å². The number of nitro groups is 1. The highest BCUT2D eigenvalue weighted by Gasteiger charge is 2.36. The lowest BCUT2D eigenvalue weighted by molar-refractivity contribution is -0.384. The van der Waals surface area contributed by atoms with Gasteiger partial charge in [-0.2, -0.15) is 8.42 Å². The molecule has 12 nitrogen and oxygen atoms in total. The molecule has 1 aromatic heterocycles. The standard InChI is InChI=1S/C32H34FN5O7S/c33-27-20-29-22(12-15-34-29)18-31(27)45-38(32(39)21-4-2-1-3-5-21)46(42,43)26-10-11-28(30(19-26)37(40)41)36-24-8-6-23(7-9-24)35-25-13-16-44-17-14-25/h1-5,10-12,15,18-20,23-25,34-36H,6-9,13-14,16-17H2. The van der Waals surface area contributed by atoms with Gasteiger partial charge >= 0.3 is 5.91 Å². The van der Waals surface area contributed by atoms with Gasteiger partial charge in [0.1, 0.15) is 5.69 Å². The summed E-state index contributed by atoms with van der Waals surface area (Å²) in [4.78, 5) is 32.8. The van der Waals surface area contributed by atoms with E-state index in [1.165, 1.54) is 42.5 Å². The molecule has 1 aliphatic carbocycles. The molecule has 3 N–H and O–H groups in total. The zero-order valence-electron chi connectivity index (χ0n) is 24.9. The zero-order valence-corrected chi connectivity index (χ0v) is 25.7. The fourth-order valence-electron chi connectivity index (χ4n) is 5.96. The maximum absolute atomic E-state index is 15.0. The number of aromatic nitrogens is 1. The molecule has 46 heavy (non-hydrogen) atoms. The summed E-state index contributed by atoms with van der Waals surface area (Å²) in [7, 11) is -4.89. The van der Waals surface area contributed by atoms with E-state index in [0.29, 0.717) is 23.0 Å². The number of hydroxylamine groups is 1. The van der Waals surface area contributed by atoms with Gasteiger partial charge in [-0.25, -0.2) is 4.39 Å². The number of nitro benzene ring substituents is 1. The largest absolute Gasteiger partial charge is 0.381 e. The molecule has 0 spiro atoms. The summed E-state index contributed by atoms with van der Waals surface area (Å²) in [6.45, 7) is 1.52. The number of hydrogen-bond acceptors (Lipinski definition) is 9. The summed E-state index contributed by atoms with van der Waals surface area (Å²) in [5, 5.41) is 19.6. The van der Waals surface area contributed by atoms with Crippen molar-refractivity contribution < 1.29 is 32.1 Å². The Kier molecular flexibility index (Phi) is 9.20. The smallest absolute Gasteiger partial charge is 0.302 e. The van der Waals surface area contributed by atoms with Gasteiger partial charge in [0.05, 0.1) is 9.82 Å². The van der Waals surface area contributed by atoms with E-state index in [4.69, 9.17) is 9.57 Å². The molecule has 3 aromatic carbocycles. The molecule has 6 rings (SSSR count). The minimum Gasteiger partial charge on any atom is -0.381 e. The van der Waals surface area contributed by atoms with Crippen LogP contribution in [0, 0.1) is 15.9 Å². The van der Waals surface area contributed by atoms with Crippen LogP contribution in [0.25, 0.3) is 10.9 Å². The second kappa shape index (κ2) is 13.4. The van der Waals surface area contributed by atoms with Crippen LogP contribution in [0.4, 0.5) is 15.8 Å². The molecule has 1 saturated carbocycles. The van der Waals surface area contributed by atoms with Crippen LogP contribution >= 0.6 is 0 Å². The maximum Gasteiger partial charge on any atom is 0.302 e. The maximum atomic E-state index is 15.0. The number of fused-ring (bicyclic) bond motifs is 1. The molecule has 2 heterocycles. The van der Waals surface area contributed by atoms with E-state index in [-0.39, 0.29) is 21.8 Å². The van der Waals surface area contributed by atoms with Crippen molar-refractivity contribution >= 4 is 38.2 Å². The van der Waals surface area contributed by atoms with Crippen LogP contribution in [-0.2, 0) is 14.8 Å². The average molecular weight is 652 g/mol. The summed E-state index contributed by atoms with van der Waals surface area (Å²) in [5.74, 6) is -2.54. The molecule has 0 bridgehead atoms. The Morgan fingerprint density at radius 1 is 0.957 bits per heavy atom. The number of ether oxygens (including phenoxy) is 1. The van der Waals surface area contributed by atoms with Crippen LogP contribution in [0.2, 0.25) is 0 Å². The number of halogens is 1. The molecule has 14 heteroatoms. The molecule has 242 valence electrons. The van der Waals surface area contributed by atoms with Crippen molar-refractivity contribution in [3.05, 3.63) is 94.4 Å². The fraction of sp³-hybridized carbons (Fsp3) is 0.344. The van der Waals surface area contributed by atoms with Crippen molar-refractivity contribution in [2.75, 3.05) is 18.5 Å². The van der Waals surface area contributed by atoms with E-state index in [1.54, 1.807) is 18.3 Å². The molecule has 1 amide bonds. The van der Waals surface area contributed by atoms with Gasteiger partial charge in [-0.15, -0.1) is 0 Å². The number of carbonyl (C=O) groups is 1. The third-order valence-electron chi connectivity index (χ3n) is 8.44. The van der Waals surface area contributed by atoms with Gasteiger partial charge in [0.25, 0.3) is 15.7 Å². The first kappa shape index (κ1) is 31.5. The van der Waals surface area contributed by atoms with Gasteiger partial charge in [0, 0.05) is 66.1 Å². The van der Waals surface area contributed by atoms with Crippen LogP contribution in [0.3, 0.4) is 0 Å². The topological polar surface area (TPSA) is 156 Å². The molecule has 0 radical (unpaired) electrons. The molecule has 0 unspecified atom stereocenters. The van der Waals surface area contributed by atoms with Crippen LogP contribution in [0.1, 0.15) is 48.9 Å². The number of carbonyl (C=O) groups excluding carboxylic acids is 1. The van der Waals surface area contributed by atoms with Gasteiger partial charge in [-0.3, -0.25) is 14.9 Å². The Morgan fingerprint density at radius 3 is 2.37 bits per heavy atom. The minimum atomic E-state index is -4.89. The summed E-state index contributed by atoms with van der Waals surface area (Å²) in [5.41, 5.74) is 0.0755. The molecule has 2 fully saturated rings. The Morgan fingerprint density at radius 2 is 1.65 bits per heavy atom. The molecule has 1 saturated heterocycles. The number of nitrogens with one attached hydrogen (secondary N) is 3. The number of H-pyrrole nitrogens is 1. The van der Waals surface area contributed by atoms with Gasteiger partial charge in [-0.05, 0) is 74.9 Å². The van der Waals surface area contributed by atoms with Crippen molar-refractivity contribution in [3.8, 4) is 5.75 Å². The lowest BCUT2D eigenvalue weighted by Gasteiger charge is -2.34. The van der Waals surface area contributed by atoms with E-state index in [0.717, 1.165) is 63.9 Å². The predicted molar refractivity (Wildman–Crippen MR) is 168 cm³/mol. The van der Waals surface area contributed by atoms with Crippen molar-refractivity contribution in [1.29, 1.82) is 0 Å². The number of nitrogens with zero attached hydrogens (tertiary/aromatic N) is 2. The van der Waals surface area contributed by atoms with Crippen LogP contribution < -0.4 is 15.5 Å². The monoisotopic (exact) mass is 651 g/mol. The first-order valence-electron chi connectivity index (χ1n) is 15.2. The van der Waals surface area contributed by atoms with E-state index in [1.807, 2.05) is 0 Å². The molecule has 1 aliphatic heterocycles. The Bertz CT molecular complexity index is 1820. The first-order valence-corrected chi connectivity index (χ1v) is 16.6. The van der Waals surface area contributed by atoms with Gasteiger partial charge in [-0.1, -0.05) is 22.7 Å². The summed E-state index contributed by atoms with van der Waals surface area (Å²) in [6, 6.07) is 15.6. The molecular formula is C32H34FN5O7S. The lowest BCUT2D eigenvalue weighted by atomic mass is 9.90. The quantitative estimate of drug-likeness (QED) is 0.148. The van der Waals surface area contributed by atoms with Crippen molar-refractivity contribution in [3.63, 3.8) is 0 Å². The first-order chi connectivity index (χ1) is 22.2. The number of anilines is 1. The number of amides is 1. The predicted octanol–water partition coefficient (Wildman–Crippen LogP) is 5.53. The van der Waals surface area contributed by atoms with Gasteiger partial charge < -0.3 is 25.2 Å². The average Bonchev–Trinajstić information content (AvgIpc) is 3.52. The number of sulfonamides is 1. The SMILES string of the molecule is O=C(c1ccccc1)N(Oc1cc2cc[nH]c2cc1F)S(=O)(=O)c1ccc(NC2CCC(NC3CCOCC3)CC2)c([N+](=O)[O-])c1. The molecule has 0 atom stereocenters. The van der Waals surface area contributed by atoms with Crippen molar-refractivity contribution in [2.45, 2.75) is 61.5 Å². The summed E-state index contributed by atoms with van der Waals surface area (Å²) in [6.07, 6.45) is 6.89. The minimum absolute atomic E-state index is 0.0419. The van der Waals surface area contributed by atoms with E-state index >= 15 is 4.39 Å². The normalized spacial score (nSPS) is 19.1. The third-order valence-corrected chi connectivity index (χ3v) is 9.96. The van der Waals surface area contributed by atoms with E-state index in [9.17, 15) is 23.3 Å². The van der Waals surface area contributed by atoms with Crippen molar-refractivity contribution in [2.24, 2.45) is 0 Å². The summed E-state index contributed by atoms with van der Waals surface area (Å²) >= 11 is 0. The van der Waals surface area contributed by atoms with Gasteiger partial charge in [0.15, 0.2) is 11.6 Å². The van der Waals surface area contributed by atoms with Crippen molar-refractivity contribution in [1.82, 2.24) is 14.8 Å². The van der Waals surface area contributed by atoms with Crippen LogP contribution in [0.15, 0.2) is 77.8 Å². The molecule has 2 aliphatic rings. The lowest BCUT2D eigenvalue weighted by Crippen LogP contribution is -2.44. The van der Waals surface area contributed by atoms with Gasteiger partial charge in [0.2, 0.25) is 0 Å². The number of hydrogen-bond donors (Lipinski definition) is 3. The van der Waals surface area contributed by atoms with Crippen LogP contribution in [0.5, 0.6) is 5.75 Å². The van der Waals surface area contributed by atoms with E-state index in [2.05, 4.69) is 15.6 Å². The second-order valence-electron chi connectivity index (χ2n) is 11.5. The Hall–Kier alpha value is -4.53. The fourth-order valence-corrected chi connectivity index (χ4v) is 7.16. The second-order valence-corrected chi connectivity index (χ2v) is 13.3. The number of aromatic amines is 1. The molecular weight excluding hydrogens is 617 g/mol. The third kappa shape index (κ3) is 6.83.